The molecule has 3 aromatic rings. The third-order valence-electron chi connectivity index (χ3n) is 3.76. The highest BCUT2D eigenvalue weighted by Gasteiger charge is 2.17. The van der Waals surface area contributed by atoms with Crippen LogP contribution in [0, 0.1) is 0 Å². The Morgan fingerprint density at radius 1 is 1.08 bits per heavy atom. The van der Waals surface area contributed by atoms with Crippen molar-refractivity contribution in [1.82, 2.24) is 20.2 Å². The molecule has 1 aliphatic heterocycles. The van der Waals surface area contributed by atoms with E-state index in [1.54, 1.807) is 12.4 Å². The number of ether oxygens (including phenoxy) is 2. The number of nitrogens with zero attached hydrogens (tertiary/aromatic N) is 5. The van der Waals surface area contributed by atoms with Gasteiger partial charge in [-0.25, -0.2) is 4.98 Å². The van der Waals surface area contributed by atoms with Gasteiger partial charge in [-0.2, -0.15) is 0 Å². The first kappa shape index (κ1) is 15.9. The molecule has 1 saturated heterocycles. The summed E-state index contributed by atoms with van der Waals surface area (Å²) in [5.74, 6) is 0.476. The Bertz CT molecular complexity index is 821. The molecule has 0 aliphatic carbocycles. The molecule has 8 heteroatoms. The lowest BCUT2D eigenvalue weighted by atomic mass is 10.2. The molecule has 2 aromatic heterocycles. The molecule has 1 fully saturated rings. The molecule has 128 valence electrons. The summed E-state index contributed by atoms with van der Waals surface area (Å²) in [4.78, 5) is 10.9. The number of aromatic nitrogens is 4. The van der Waals surface area contributed by atoms with Gasteiger partial charge in [0.2, 0.25) is 11.0 Å². The second-order valence-electron chi connectivity index (χ2n) is 5.51. The van der Waals surface area contributed by atoms with Gasteiger partial charge in [-0.1, -0.05) is 41.7 Å². The largest absolute Gasteiger partial charge is 0.472 e. The molecule has 0 N–H and O–H groups in total. The van der Waals surface area contributed by atoms with Crippen LogP contribution in [0.2, 0.25) is 0 Å². The molecule has 7 nitrogen and oxygen atoms in total. The van der Waals surface area contributed by atoms with Crippen LogP contribution in [0.4, 0.5) is 5.13 Å². The van der Waals surface area contributed by atoms with Crippen molar-refractivity contribution in [3.63, 3.8) is 0 Å². The van der Waals surface area contributed by atoms with E-state index in [0.717, 1.165) is 42.0 Å². The molecule has 1 aromatic carbocycles. The fourth-order valence-electron chi connectivity index (χ4n) is 2.45. The van der Waals surface area contributed by atoms with E-state index in [4.69, 9.17) is 9.47 Å². The van der Waals surface area contributed by atoms with E-state index in [1.807, 2.05) is 30.3 Å². The summed E-state index contributed by atoms with van der Waals surface area (Å²) in [7, 11) is 0. The van der Waals surface area contributed by atoms with Gasteiger partial charge in [0, 0.05) is 13.1 Å². The average Bonchev–Trinajstić information content (AvgIpc) is 3.18. The van der Waals surface area contributed by atoms with Crippen molar-refractivity contribution in [2.24, 2.45) is 0 Å². The highest BCUT2D eigenvalue weighted by atomic mass is 32.1. The van der Waals surface area contributed by atoms with Gasteiger partial charge in [-0.05, 0) is 5.56 Å². The Balaban J connectivity index is 1.46. The van der Waals surface area contributed by atoms with Crippen molar-refractivity contribution in [1.29, 1.82) is 0 Å². The van der Waals surface area contributed by atoms with Crippen LogP contribution >= 0.6 is 11.3 Å². The van der Waals surface area contributed by atoms with Crippen molar-refractivity contribution < 1.29 is 9.47 Å². The van der Waals surface area contributed by atoms with Crippen LogP contribution in [0.3, 0.4) is 0 Å². The topological polar surface area (TPSA) is 73.3 Å². The molecule has 0 saturated carbocycles. The zero-order valence-corrected chi connectivity index (χ0v) is 14.4. The predicted octanol–water partition coefficient (Wildman–Crippen LogP) is 2.41. The number of benzene rings is 1. The van der Waals surface area contributed by atoms with Crippen molar-refractivity contribution in [2.75, 3.05) is 31.2 Å². The Labute approximate surface area is 149 Å². The Morgan fingerprint density at radius 2 is 1.92 bits per heavy atom. The maximum atomic E-state index is 5.73. The van der Waals surface area contributed by atoms with Crippen LogP contribution in [0.5, 0.6) is 5.88 Å². The van der Waals surface area contributed by atoms with Crippen LogP contribution in [0.1, 0.15) is 5.56 Å². The van der Waals surface area contributed by atoms with Crippen molar-refractivity contribution in [2.45, 2.75) is 6.61 Å². The fourth-order valence-corrected chi connectivity index (χ4v) is 3.30. The second-order valence-corrected chi connectivity index (χ2v) is 6.46. The first-order valence-electron chi connectivity index (χ1n) is 8.04. The smallest absolute Gasteiger partial charge is 0.233 e. The summed E-state index contributed by atoms with van der Waals surface area (Å²) in [5, 5.41) is 10.1. The third-order valence-corrected chi connectivity index (χ3v) is 4.76. The molecular formula is C17H17N5O2S. The van der Waals surface area contributed by atoms with Gasteiger partial charge in [0.25, 0.3) is 0 Å². The van der Waals surface area contributed by atoms with Crippen molar-refractivity contribution in [3.05, 3.63) is 48.3 Å². The molecule has 0 amide bonds. The maximum absolute atomic E-state index is 5.73. The molecule has 4 rings (SSSR count). The Hall–Kier alpha value is -2.58. The Kier molecular flexibility index (Phi) is 4.80. The predicted molar refractivity (Wildman–Crippen MR) is 94.7 cm³/mol. The summed E-state index contributed by atoms with van der Waals surface area (Å²) in [6, 6.07) is 9.96. The van der Waals surface area contributed by atoms with E-state index in [2.05, 4.69) is 25.1 Å². The molecule has 0 unspecified atom stereocenters. The highest BCUT2D eigenvalue weighted by Crippen LogP contribution is 2.28. The van der Waals surface area contributed by atoms with Gasteiger partial charge < -0.3 is 14.4 Å². The Morgan fingerprint density at radius 3 is 2.76 bits per heavy atom. The molecular weight excluding hydrogens is 338 g/mol. The minimum atomic E-state index is 0.453. The van der Waals surface area contributed by atoms with E-state index in [1.165, 1.54) is 11.3 Å². The average molecular weight is 355 g/mol. The van der Waals surface area contributed by atoms with Gasteiger partial charge in [0.05, 0.1) is 25.6 Å². The van der Waals surface area contributed by atoms with Crippen LogP contribution in [0.25, 0.3) is 10.7 Å². The van der Waals surface area contributed by atoms with Crippen LogP contribution in [-0.2, 0) is 11.3 Å². The normalized spacial score (nSPS) is 14.5. The van der Waals surface area contributed by atoms with E-state index in [0.29, 0.717) is 18.2 Å². The number of morpholine rings is 1. The molecule has 0 bridgehead atoms. The van der Waals surface area contributed by atoms with E-state index >= 15 is 0 Å². The third kappa shape index (κ3) is 3.92. The zero-order valence-electron chi connectivity index (χ0n) is 13.5. The zero-order chi connectivity index (χ0) is 16.9. The maximum Gasteiger partial charge on any atom is 0.233 e. The standard InChI is InChI=1S/C17H17N5O2S/c1-2-4-13(5-3-1)12-24-15-11-18-10-14(19-15)16-20-21-17(25-16)22-6-8-23-9-7-22/h1-5,10-11H,6-9,12H2. The quantitative estimate of drug-likeness (QED) is 0.696. The van der Waals surface area contributed by atoms with Crippen molar-refractivity contribution >= 4 is 16.5 Å². The minimum Gasteiger partial charge on any atom is -0.472 e. The summed E-state index contributed by atoms with van der Waals surface area (Å²) in [5.41, 5.74) is 1.75. The molecule has 1 aliphatic rings. The lowest BCUT2D eigenvalue weighted by Crippen LogP contribution is -2.36. The van der Waals surface area contributed by atoms with Gasteiger partial charge in [0.15, 0.2) is 5.01 Å². The number of anilines is 1. The number of rotatable bonds is 5. The second kappa shape index (κ2) is 7.54. The molecule has 3 heterocycles. The SMILES string of the molecule is c1ccc(COc2cncc(-c3nnc(N4CCOCC4)s3)n2)cc1. The fraction of sp³-hybridized carbons (Fsp3) is 0.294. The van der Waals surface area contributed by atoms with Crippen molar-refractivity contribution in [3.8, 4) is 16.6 Å². The van der Waals surface area contributed by atoms with Crippen LogP contribution in [-0.4, -0.2) is 46.5 Å². The highest BCUT2D eigenvalue weighted by molar-refractivity contribution is 7.18. The van der Waals surface area contributed by atoms with E-state index in [-0.39, 0.29) is 0 Å². The van der Waals surface area contributed by atoms with Gasteiger partial charge in [0.1, 0.15) is 12.3 Å². The summed E-state index contributed by atoms with van der Waals surface area (Å²) >= 11 is 1.51. The summed E-state index contributed by atoms with van der Waals surface area (Å²) in [6.45, 7) is 3.56. The number of hydrogen-bond acceptors (Lipinski definition) is 8. The van der Waals surface area contributed by atoms with Gasteiger partial charge in [-0.15, -0.1) is 10.2 Å². The van der Waals surface area contributed by atoms with E-state index < -0.39 is 0 Å². The minimum absolute atomic E-state index is 0.453. The lowest BCUT2D eigenvalue weighted by Gasteiger charge is -2.25. The molecule has 0 radical (unpaired) electrons. The monoisotopic (exact) mass is 355 g/mol. The van der Waals surface area contributed by atoms with Gasteiger partial charge in [-0.3, -0.25) is 4.98 Å². The molecule has 0 atom stereocenters. The summed E-state index contributed by atoms with van der Waals surface area (Å²) in [6.07, 6.45) is 3.29. The molecule has 0 spiro atoms. The first-order chi connectivity index (χ1) is 12.4. The number of hydrogen-bond donors (Lipinski definition) is 0. The molecule has 25 heavy (non-hydrogen) atoms. The van der Waals surface area contributed by atoms with Crippen LogP contribution < -0.4 is 9.64 Å². The van der Waals surface area contributed by atoms with E-state index in [9.17, 15) is 0 Å². The summed E-state index contributed by atoms with van der Waals surface area (Å²) < 4.78 is 11.1. The first-order valence-corrected chi connectivity index (χ1v) is 8.85. The lowest BCUT2D eigenvalue weighted by molar-refractivity contribution is 0.122. The van der Waals surface area contributed by atoms with Crippen LogP contribution in [0.15, 0.2) is 42.7 Å². The van der Waals surface area contributed by atoms with Gasteiger partial charge >= 0.3 is 0 Å².